The molecule has 1 amide bonds. The van der Waals surface area contributed by atoms with Crippen molar-refractivity contribution in [3.8, 4) is 0 Å². The van der Waals surface area contributed by atoms with Gasteiger partial charge in [0.25, 0.3) is 0 Å². The molecule has 2 rings (SSSR count). The van der Waals surface area contributed by atoms with Gasteiger partial charge in [-0.25, -0.2) is 0 Å². The van der Waals surface area contributed by atoms with Gasteiger partial charge in [0, 0.05) is 22.6 Å². The summed E-state index contributed by atoms with van der Waals surface area (Å²) >= 11 is 2.35. The van der Waals surface area contributed by atoms with E-state index in [0.29, 0.717) is 6.42 Å². The lowest BCUT2D eigenvalue weighted by molar-refractivity contribution is -0.132. The van der Waals surface area contributed by atoms with E-state index in [0.717, 1.165) is 19.4 Å². The summed E-state index contributed by atoms with van der Waals surface area (Å²) in [6.45, 7) is 2.75. The Labute approximate surface area is 122 Å². The van der Waals surface area contributed by atoms with Gasteiger partial charge in [-0.15, -0.1) is 0 Å². The Kier molecular flexibility index (Phi) is 4.61. The van der Waals surface area contributed by atoms with Crippen molar-refractivity contribution >= 4 is 28.5 Å². The largest absolute Gasteiger partial charge is 0.336 e. The van der Waals surface area contributed by atoms with Crippen LogP contribution in [0, 0.1) is 3.57 Å². The molecule has 1 saturated heterocycles. The first kappa shape index (κ1) is 13.8. The maximum absolute atomic E-state index is 12.2. The highest BCUT2D eigenvalue weighted by Crippen LogP contribution is 2.34. The normalized spacial score (nSPS) is 21.1. The predicted molar refractivity (Wildman–Crippen MR) is 81.1 cm³/mol. The Hall–Kier alpha value is -0.620. The van der Waals surface area contributed by atoms with Gasteiger partial charge in [0.05, 0.1) is 6.04 Å². The monoisotopic (exact) mass is 358 g/mol. The van der Waals surface area contributed by atoms with Crippen molar-refractivity contribution in [1.29, 1.82) is 0 Å². The quantitative estimate of drug-likeness (QED) is 0.845. The molecule has 0 aromatic heterocycles. The van der Waals surface area contributed by atoms with Gasteiger partial charge in [-0.05, 0) is 54.0 Å². The highest BCUT2D eigenvalue weighted by atomic mass is 127. The van der Waals surface area contributed by atoms with Gasteiger partial charge in [-0.1, -0.05) is 18.2 Å². The fourth-order valence-corrected chi connectivity index (χ4v) is 3.27. The highest BCUT2D eigenvalue weighted by Gasteiger charge is 2.30. The van der Waals surface area contributed by atoms with Gasteiger partial charge in [-0.2, -0.15) is 0 Å². The van der Waals surface area contributed by atoms with Gasteiger partial charge in [0.15, 0.2) is 0 Å². The summed E-state index contributed by atoms with van der Waals surface area (Å²) in [5, 5.41) is 0. The minimum atomic E-state index is -0.0615. The SMILES string of the molecule is CC(N)CC(=O)N1CCCC1c1ccccc1I. The molecule has 18 heavy (non-hydrogen) atoms. The Morgan fingerprint density at radius 2 is 2.28 bits per heavy atom. The Morgan fingerprint density at radius 1 is 1.56 bits per heavy atom. The van der Waals surface area contributed by atoms with Crippen molar-refractivity contribution < 1.29 is 4.79 Å². The fourth-order valence-electron chi connectivity index (χ4n) is 2.53. The van der Waals surface area contributed by atoms with Gasteiger partial charge in [-0.3, -0.25) is 4.79 Å². The summed E-state index contributed by atoms with van der Waals surface area (Å²) in [6.07, 6.45) is 2.59. The van der Waals surface area contributed by atoms with Crippen LogP contribution in [0.1, 0.15) is 37.8 Å². The maximum Gasteiger partial charge on any atom is 0.224 e. The summed E-state index contributed by atoms with van der Waals surface area (Å²) in [6, 6.07) is 8.49. The van der Waals surface area contributed by atoms with Gasteiger partial charge >= 0.3 is 0 Å². The number of hydrogen-bond acceptors (Lipinski definition) is 2. The molecule has 0 bridgehead atoms. The summed E-state index contributed by atoms with van der Waals surface area (Å²) in [4.78, 5) is 14.2. The molecule has 1 aliphatic heterocycles. The van der Waals surface area contributed by atoms with E-state index in [9.17, 15) is 4.79 Å². The molecule has 1 aromatic carbocycles. The Morgan fingerprint density at radius 3 is 2.94 bits per heavy atom. The molecule has 0 saturated carbocycles. The van der Waals surface area contributed by atoms with Crippen LogP contribution in [0.5, 0.6) is 0 Å². The third-order valence-electron chi connectivity index (χ3n) is 3.33. The molecule has 3 nitrogen and oxygen atoms in total. The second-order valence-corrected chi connectivity index (χ2v) is 6.11. The number of hydrogen-bond donors (Lipinski definition) is 1. The molecule has 2 atom stereocenters. The van der Waals surface area contributed by atoms with Crippen molar-refractivity contribution in [2.75, 3.05) is 6.54 Å². The van der Waals surface area contributed by atoms with Crippen LogP contribution in [-0.2, 0) is 4.79 Å². The van der Waals surface area contributed by atoms with Crippen LogP contribution in [0.2, 0.25) is 0 Å². The predicted octanol–water partition coefficient (Wildman–Crippen LogP) is 2.69. The second kappa shape index (κ2) is 6.02. The van der Waals surface area contributed by atoms with Crippen molar-refractivity contribution in [2.24, 2.45) is 5.73 Å². The summed E-state index contributed by atoms with van der Waals surface area (Å²) in [5.41, 5.74) is 7.00. The number of halogens is 1. The molecule has 1 aliphatic rings. The van der Waals surface area contributed by atoms with E-state index in [1.165, 1.54) is 9.13 Å². The van der Waals surface area contributed by atoms with E-state index in [-0.39, 0.29) is 18.0 Å². The standard InChI is InChI=1S/C14H19IN2O/c1-10(16)9-14(18)17-8-4-7-13(17)11-5-2-3-6-12(11)15/h2-3,5-6,10,13H,4,7-9,16H2,1H3. The molecule has 2 unspecified atom stereocenters. The summed E-state index contributed by atoms with van der Waals surface area (Å²) in [5.74, 6) is 0.187. The van der Waals surface area contributed by atoms with E-state index in [1.54, 1.807) is 0 Å². The molecule has 1 heterocycles. The number of nitrogens with zero attached hydrogens (tertiary/aromatic N) is 1. The molecular formula is C14H19IN2O. The topological polar surface area (TPSA) is 46.3 Å². The second-order valence-electron chi connectivity index (χ2n) is 4.95. The van der Waals surface area contributed by atoms with Crippen LogP contribution in [0.15, 0.2) is 24.3 Å². The van der Waals surface area contributed by atoms with Crippen LogP contribution >= 0.6 is 22.6 Å². The van der Waals surface area contributed by atoms with Crippen LogP contribution in [0.4, 0.5) is 0 Å². The van der Waals surface area contributed by atoms with Gasteiger partial charge < -0.3 is 10.6 Å². The zero-order chi connectivity index (χ0) is 13.1. The van der Waals surface area contributed by atoms with Crippen LogP contribution in [0.25, 0.3) is 0 Å². The number of carbonyl (C=O) groups is 1. The van der Waals surface area contributed by atoms with Gasteiger partial charge in [0.2, 0.25) is 5.91 Å². The molecular weight excluding hydrogens is 339 g/mol. The molecule has 4 heteroatoms. The third-order valence-corrected chi connectivity index (χ3v) is 4.32. The molecule has 0 radical (unpaired) electrons. The zero-order valence-corrected chi connectivity index (χ0v) is 12.8. The number of nitrogens with two attached hydrogens (primary N) is 1. The lowest BCUT2D eigenvalue weighted by Gasteiger charge is -2.26. The van der Waals surface area contributed by atoms with Crippen LogP contribution in [0.3, 0.4) is 0 Å². The van der Waals surface area contributed by atoms with Crippen molar-refractivity contribution in [3.63, 3.8) is 0 Å². The number of likely N-dealkylation sites (tertiary alicyclic amines) is 1. The lowest BCUT2D eigenvalue weighted by Crippen LogP contribution is -2.34. The minimum Gasteiger partial charge on any atom is -0.336 e. The Balaban J connectivity index is 2.18. The van der Waals surface area contributed by atoms with Crippen molar-refractivity contribution in [2.45, 2.75) is 38.3 Å². The molecule has 2 N–H and O–H groups in total. The lowest BCUT2D eigenvalue weighted by atomic mass is 10.0. The minimum absolute atomic E-state index is 0.0615. The summed E-state index contributed by atoms with van der Waals surface area (Å²) < 4.78 is 1.24. The highest BCUT2D eigenvalue weighted by molar-refractivity contribution is 14.1. The van der Waals surface area contributed by atoms with E-state index in [4.69, 9.17) is 5.73 Å². The van der Waals surface area contributed by atoms with Crippen LogP contribution in [-0.4, -0.2) is 23.4 Å². The van der Waals surface area contributed by atoms with E-state index in [2.05, 4.69) is 34.7 Å². The zero-order valence-electron chi connectivity index (χ0n) is 10.6. The smallest absolute Gasteiger partial charge is 0.224 e. The summed E-state index contributed by atoms with van der Waals surface area (Å²) in [7, 11) is 0. The van der Waals surface area contributed by atoms with E-state index < -0.39 is 0 Å². The average Bonchev–Trinajstić information content (AvgIpc) is 2.77. The fraction of sp³-hybridized carbons (Fsp3) is 0.500. The number of benzene rings is 1. The van der Waals surface area contributed by atoms with Crippen molar-refractivity contribution in [1.82, 2.24) is 4.90 Å². The van der Waals surface area contributed by atoms with Crippen molar-refractivity contribution in [3.05, 3.63) is 33.4 Å². The number of carbonyl (C=O) groups excluding carboxylic acids is 1. The third kappa shape index (κ3) is 3.03. The molecule has 1 aromatic rings. The first-order valence-electron chi connectivity index (χ1n) is 6.39. The molecule has 1 fully saturated rings. The van der Waals surface area contributed by atoms with Gasteiger partial charge in [0.1, 0.15) is 0 Å². The molecule has 98 valence electrons. The van der Waals surface area contributed by atoms with E-state index >= 15 is 0 Å². The van der Waals surface area contributed by atoms with Crippen LogP contribution < -0.4 is 5.73 Å². The maximum atomic E-state index is 12.2. The number of rotatable bonds is 3. The number of amides is 1. The average molecular weight is 358 g/mol. The first-order chi connectivity index (χ1) is 8.59. The first-order valence-corrected chi connectivity index (χ1v) is 7.47. The molecule has 0 spiro atoms. The van der Waals surface area contributed by atoms with E-state index in [1.807, 2.05) is 24.0 Å². The Bertz CT molecular complexity index is 434. The molecule has 0 aliphatic carbocycles.